The van der Waals surface area contributed by atoms with Gasteiger partial charge in [0.05, 0.1) is 12.3 Å². The van der Waals surface area contributed by atoms with Crippen molar-refractivity contribution >= 4 is 26.9 Å². The van der Waals surface area contributed by atoms with E-state index < -0.39 is 10.0 Å². The molecule has 3 N–H and O–H groups in total. The predicted octanol–water partition coefficient (Wildman–Crippen LogP) is 2.25. The van der Waals surface area contributed by atoms with Gasteiger partial charge in [-0.05, 0) is 31.9 Å². The fourth-order valence-corrected chi connectivity index (χ4v) is 4.69. The first-order valence-corrected chi connectivity index (χ1v) is 11.6. The van der Waals surface area contributed by atoms with Crippen LogP contribution in [0.1, 0.15) is 32.0 Å². The fraction of sp³-hybridized carbons (Fsp3) is 0.550. The van der Waals surface area contributed by atoms with Crippen molar-refractivity contribution in [2.75, 3.05) is 38.5 Å². The molecule has 0 amide bonds. The molecule has 0 fully saturated rings. The molecule has 0 aliphatic carbocycles. The molecule has 0 radical (unpaired) electrons. The third-order valence-corrected chi connectivity index (χ3v) is 6.76. The lowest BCUT2D eigenvalue weighted by atomic mass is 10.1. The summed E-state index contributed by atoms with van der Waals surface area (Å²) in [5.74, 6) is 0.669. The minimum absolute atomic E-state index is 0.0206. The summed E-state index contributed by atoms with van der Waals surface area (Å²) in [5, 5.41) is 7.74. The summed E-state index contributed by atoms with van der Waals surface area (Å²) in [6.07, 6.45) is 0.859. The molecule has 0 spiro atoms. The lowest BCUT2D eigenvalue weighted by Gasteiger charge is -2.18. The number of nitrogens with zero attached hydrogens (tertiary/aromatic N) is 2. The van der Waals surface area contributed by atoms with E-state index in [4.69, 9.17) is 0 Å². The van der Waals surface area contributed by atoms with Gasteiger partial charge in [0, 0.05) is 42.8 Å². The van der Waals surface area contributed by atoms with Gasteiger partial charge >= 0.3 is 0 Å². The Balaban J connectivity index is 1.95. The quantitative estimate of drug-likeness (QED) is 0.416. The molecule has 7 nitrogen and oxygen atoms in total. The van der Waals surface area contributed by atoms with E-state index in [1.807, 2.05) is 32.9 Å². The molecule has 2 aromatic rings. The van der Waals surface area contributed by atoms with Gasteiger partial charge < -0.3 is 15.6 Å². The molecule has 156 valence electrons. The van der Waals surface area contributed by atoms with Crippen LogP contribution >= 0.6 is 0 Å². The molecule has 0 saturated heterocycles. The number of aromatic nitrogens is 1. The van der Waals surface area contributed by atoms with Crippen molar-refractivity contribution in [2.45, 2.75) is 34.1 Å². The summed E-state index contributed by atoms with van der Waals surface area (Å²) < 4.78 is 26.0. The summed E-state index contributed by atoms with van der Waals surface area (Å²) in [6.45, 7) is 10.4. The van der Waals surface area contributed by atoms with Crippen LogP contribution in [0.3, 0.4) is 0 Å². The van der Waals surface area contributed by atoms with Gasteiger partial charge in [0.1, 0.15) is 0 Å². The van der Waals surface area contributed by atoms with Crippen LogP contribution in [0.4, 0.5) is 0 Å². The minimum Gasteiger partial charge on any atom is -0.358 e. The van der Waals surface area contributed by atoms with Crippen molar-refractivity contribution in [3.8, 4) is 0 Å². The maximum atomic E-state index is 12.3. The molecular formula is C20H33N5O2S. The van der Waals surface area contributed by atoms with Crippen molar-refractivity contribution in [1.29, 1.82) is 0 Å². The van der Waals surface area contributed by atoms with Crippen LogP contribution in [0.15, 0.2) is 29.3 Å². The molecular weight excluding hydrogens is 374 g/mol. The normalized spacial score (nSPS) is 12.7. The third-order valence-electron chi connectivity index (χ3n) is 4.76. The van der Waals surface area contributed by atoms with Gasteiger partial charge in [-0.15, -0.1) is 0 Å². The molecule has 0 bridgehead atoms. The average molecular weight is 408 g/mol. The van der Waals surface area contributed by atoms with Crippen LogP contribution < -0.4 is 10.6 Å². The number of fused-ring (bicyclic) bond motifs is 1. The Labute approximate surface area is 168 Å². The smallest absolute Gasteiger partial charge is 0.215 e. The number of para-hydroxylation sites is 1. The molecule has 28 heavy (non-hydrogen) atoms. The van der Waals surface area contributed by atoms with Crippen molar-refractivity contribution < 1.29 is 8.42 Å². The van der Waals surface area contributed by atoms with Gasteiger partial charge in [-0.2, -0.15) is 0 Å². The molecule has 0 saturated carbocycles. The second kappa shape index (κ2) is 10.5. The Morgan fingerprint density at radius 1 is 1.14 bits per heavy atom. The topological polar surface area (TPSA) is 89.6 Å². The summed E-state index contributed by atoms with van der Waals surface area (Å²) in [6, 6.07) is 8.30. The molecule has 1 aromatic carbocycles. The standard InChI is InChI=1S/C20H33N5O2S/c1-5-21-20(23-14-15-28(26,27)25(6-2)7-3)22-13-12-17-16(4)24-19-11-9-8-10-18(17)19/h8-11,24H,5-7,12-15H2,1-4H3,(H2,21,22,23). The van der Waals surface area contributed by atoms with Gasteiger partial charge in [-0.1, -0.05) is 32.0 Å². The number of sulfonamides is 1. The maximum absolute atomic E-state index is 12.3. The summed E-state index contributed by atoms with van der Waals surface area (Å²) in [7, 11) is -3.25. The zero-order valence-corrected chi connectivity index (χ0v) is 18.2. The summed E-state index contributed by atoms with van der Waals surface area (Å²) in [5.41, 5.74) is 3.62. The number of nitrogens with one attached hydrogen (secondary N) is 3. The first-order valence-electron chi connectivity index (χ1n) is 9.99. The van der Waals surface area contributed by atoms with Crippen LogP contribution in [0, 0.1) is 6.92 Å². The number of H-pyrrole nitrogens is 1. The Hall–Kier alpha value is -2.06. The number of rotatable bonds is 10. The average Bonchev–Trinajstić information content (AvgIpc) is 2.98. The second-order valence-corrected chi connectivity index (χ2v) is 8.70. The first-order chi connectivity index (χ1) is 13.4. The van der Waals surface area contributed by atoms with Crippen molar-refractivity contribution in [3.05, 3.63) is 35.5 Å². The Morgan fingerprint density at radius 3 is 2.54 bits per heavy atom. The highest BCUT2D eigenvalue weighted by molar-refractivity contribution is 7.89. The van der Waals surface area contributed by atoms with Gasteiger partial charge in [0.15, 0.2) is 5.96 Å². The fourth-order valence-electron chi connectivity index (χ4n) is 3.32. The zero-order chi connectivity index (χ0) is 20.6. The molecule has 1 heterocycles. The van der Waals surface area contributed by atoms with E-state index in [0.717, 1.165) is 25.0 Å². The van der Waals surface area contributed by atoms with Gasteiger partial charge in [-0.3, -0.25) is 4.99 Å². The zero-order valence-electron chi connectivity index (χ0n) is 17.4. The Morgan fingerprint density at radius 2 is 1.86 bits per heavy atom. The van der Waals surface area contributed by atoms with E-state index in [0.29, 0.717) is 19.0 Å². The van der Waals surface area contributed by atoms with Crippen molar-refractivity contribution in [2.24, 2.45) is 4.99 Å². The van der Waals surface area contributed by atoms with Crippen LogP contribution in [0.5, 0.6) is 0 Å². The number of hydrogen-bond acceptors (Lipinski definition) is 3. The second-order valence-electron chi connectivity index (χ2n) is 6.61. The highest BCUT2D eigenvalue weighted by atomic mass is 32.2. The Bertz CT molecular complexity index is 885. The van der Waals surface area contributed by atoms with Crippen LogP contribution in [-0.2, 0) is 16.4 Å². The lowest BCUT2D eigenvalue weighted by Crippen LogP contribution is -2.39. The van der Waals surface area contributed by atoms with Crippen LogP contribution in [-0.4, -0.2) is 62.1 Å². The van der Waals surface area contributed by atoms with E-state index in [-0.39, 0.29) is 12.3 Å². The van der Waals surface area contributed by atoms with E-state index in [9.17, 15) is 8.42 Å². The van der Waals surface area contributed by atoms with Crippen molar-refractivity contribution in [3.63, 3.8) is 0 Å². The molecule has 0 atom stereocenters. The number of aliphatic imine (C=N–C) groups is 1. The van der Waals surface area contributed by atoms with Gasteiger partial charge in [-0.25, -0.2) is 12.7 Å². The van der Waals surface area contributed by atoms with E-state index in [2.05, 4.69) is 39.7 Å². The third kappa shape index (κ3) is 5.72. The predicted molar refractivity (Wildman–Crippen MR) is 117 cm³/mol. The molecule has 0 aliphatic rings. The molecule has 0 aliphatic heterocycles. The highest BCUT2D eigenvalue weighted by Crippen LogP contribution is 2.21. The van der Waals surface area contributed by atoms with E-state index >= 15 is 0 Å². The first kappa shape index (κ1) is 22.2. The number of benzene rings is 1. The SMILES string of the molecule is CCNC(=NCCS(=O)(=O)N(CC)CC)NCCc1c(C)[nH]c2ccccc12. The molecule has 8 heteroatoms. The van der Waals surface area contributed by atoms with Crippen molar-refractivity contribution in [1.82, 2.24) is 19.9 Å². The van der Waals surface area contributed by atoms with Crippen LogP contribution in [0.2, 0.25) is 0 Å². The largest absolute Gasteiger partial charge is 0.358 e. The van der Waals surface area contributed by atoms with Gasteiger partial charge in [0.25, 0.3) is 0 Å². The monoisotopic (exact) mass is 407 g/mol. The van der Waals surface area contributed by atoms with E-state index in [1.165, 1.54) is 20.9 Å². The van der Waals surface area contributed by atoms with Crippen LogP contribution in [0.25, 0.3) is 10.9 Å². The number of aryl methyl sites for hydroxylation is 1. The van der Waals surface area contributed by atoms with Gasteiger partial charge in [0.2, 0.25) is 10.0 Å². The highest BCUT2D eigenvalue weighted by Gasteiger charge is 2.17. The van der Waals surface area contributed by atoms with E-state index in [1.54, 1.807) is 0 Å². The Kier molecular flexibility index (Phi) is 8.32. The number of guanidine groups is 1. The minimum atomic E-state index is -3.25. The maximum Gasteiger partial charge on any atom is 0.215 e. The molecule has 1 aromatic heterocycles. The molecule has 0 unspecified atom stereocenters. The lowest BCUT2D eigenvalue weighted by molar-refractivity contribution is 0.445. The summed E-state index contributed by atoms with van der Waals surface area (Å²) >= 11 is 0. The summed E-state index contributed by atoms with van der Waals surface area (Å²) in [4.78, 5) is 7.85. The number of aromatic amines is 1. The molecule has 2 rings (SSSR count). The number of hydrogen-bond donors (Lipinski definition) is 3.